The minimum absolute atomic E-state index is 0. The number of halogens is 2. The number of rotatable bonds is 4. The number of hydrogen-bond acceptors (Lipinski definition) is 7. The van der Waals surface area contributed by atoms with Crippen LogP contribution in [0.1, 0.15) is 12.3 Å². The number of carbonyl (C=O) groups excluding carboxylic acids is 1. The van der Waals surface area contributed by atoms with Gasteiger partial charge in [0.15, 0.2) is 0 Å². The summed E-state index contributed by atoms with van der Waals surface area (Å²) in [5, 5.41) is 9.31. The first-order chi connectivity index (χ1) is 11.8. The topological polar surface area (TPSA) is 74.5 Å². The Kier molecular flexibility index (Phi) is 7.85. The van der Waals surface area contributed by atoms with Crippen molar-refractivity contribution in [3.05, 3.63) is 23.4 Å². The van der Waals surface area contributed by atoms with Gasteiger partial charge in [0, 0.05) is 32.7 Å². The molecule has 1 amide bonds. The Morgan fingerprint density at radius 1 is 1.31 bits per heavy atom. The average molecular weight is 420 g/mol. The molecule has 2 aromatic rings. The Bertz CT molecular complexity index is 683. The molecular formula is C16H23Cl2N5O2S. The van der Waals surface area contributed by atoms with Gasteiger partial charge >= 0.3 is 0 Å². The quantitative estimate of drug-likeness (QED) is 0.815. The molecule has 26 heavy (non-hydrogen) atoms. The van der Waals surface area contributed by atoms with E-state index in [1.54, 1.807) is 11.3 Å². The summed E-state index contributed by atoms with van der Waals surface area (Å²) in [5.41, 5.74) is 0. The van der Waals surface area contributed by atoms with E-state index in [4.69, 9.17) is 4.52 Å². The van der Waals surface area contributed by atoms with Gasteiger partial charge in [-0.15, -0.1) is 36.2 Å². The number of nitrogens with one attached hydrogen (secondary N) is 1. The molecule has 0 spiro atoms. The van der Waals surface area contributed by atoms with Crippen LogP contribution in [0.5, 0.6) is 0 Å². The number of hydrogen-bond donors (Lipinski definition) is 1. The van der Waals surface area contributed by atoms with E-state index >= 15 is 0 Å². The summed E-state index contributed by atoms with van der Waals surface area (Å²) in [5.74, 6) is 1.76. The van der Waals surface area contributed by atoms with Crippen LogP contribution >= 0.6 is 36.2 Å². The Balaban J connectivity index is 0.00000121. The van der Waals surface area contributed by atoms with Crippen molar-refractivity contribution in [2.75, 3.05) is 39.3 Å². The predicted molar refractivity (Wildman–Crippen MR) is 105 cm³/mol. The molecule has 1 atom stereocenters. The molecule has 0 aliphatic carbocycles. The number of aromatic nitrogens is 2. The second-order valence-corrected chi connectivity index (χ2v) is 7.23. The van der Waals surface area contributed by atoms with Gasteiger partial charge in [0.05, 0.1) is 17.3 Å². The maximum Gasteiger partial charge on any atom is 0.241 e. The van der Waals surface area contributed by atoms with Gasteiger partial charge < -0.3 is 14.7 Å². The number of nitrogens with zero attached hydrogens (tertiary/aromatic N) is 4. The summed E-state index contributed by atoms with van der Waals surface area (Å²) in [7, 11) is 0. The van der Waals surface area contributed by atoms with Crippen LogP contribution < -0.4 is 5.32 Å². The minimum atomic E-state index is 0. The molecule has 0 saturated carbocycles. The first-order valence-electron chi connectivity index (χ1n) is 8.38. The molecule has 1 N–H and O–H groups in total. The van der Waals surface area contributed by atoms with Gasteiger partial charge in [0.1, 0.15) is 0 Å². The van der Waals surface area contributed by atoms with Crippen LogP contribution in [-0.4, -0.2) is 65.1 Å². The van der Waals surface area contributed by atoms with Gasteiger partial charge in [-0.1, -0.05) is 11.2 Å². The maximum absolute atomic E-state index is 12.4. The van der Waals surface area contributed by atoms with Crippen LogP contribution in [0.15, 0.2) is 22.0 Å². The molecule has 2 aliphatic rings. The SMILES string of the molecule is Cl.Cl.O=C(C1CCNC1)N1CCN(Cc2nc(-c3cccs3)no2)CC1. The van der Waals surface area contributed by atoms with Gasteiger partial charge in [-0.25, -0.2) is 0 Å². The van der Waals surface area contributed by atoms with E-state index in [1.807, 2.05) is 22.4 Å². The first kappa shape index (κ1) is 21.1. The molecule has 4 rings (SSSR count). The van der Waals surface area contributed by atoms with Crippen molar-refractivity contribution >= 4 is 42.1 Å². The molecule has 1 unspecified atom stereocenters. The highest BCUT2D eigenvalue weighted by Crippen LogP contribution is 2.22. The van der Waals surface area contributed by atoms with E-state index in [1.165, 1.54) is 0 Å². The number of thiophene rings is 1. The zero-order valence-electron chi connectivity index (χ0n) is 14.3. The van der Waals surface area contributed by atoms with Gasteiger partial charge in [0.25, 0.3) is 0 Å². The molecule has 10 heteroatoms. The molecule has 0 bridgehead atoms. The minimum Gasteiger partial charge on any atom is -0.340 e. The number of amides is 1. The molecule has 2 aromatic heterocycles. The molecule has 0 aromatic carbocycles. The van der Waals surface area contributed by atoms with Crippen molar-refractivity contribution in [2.24, 2.45) is 5.92 Å². The third-order valence-electron chi connectivity index (χ3n) is 4.66. The monoisotopic (exact) mass is 419 g/mol. The molecule has 2 aliphatic heterocycles. The second kappa shape index (κ2) is 9.66. The fourth-order valence-corrected chi connectivity index (χ4v) is 3.92. The van der Waals surface area contributed by atoms with E-state index in [-0.39, 0.29) is 30.7 Å². The number of carbonyl (C=O) groups is 1. The Morgan fingerprint density at radius 3 is 2.77 bits per heavy atom. The highest BCUT2D eigenvalue weighted by atomic mass is 35.5. The van der Waals surface area contributed by atoms with Crippen molar-refractivity contribution in [2.45, 2.75) is 13.0 Å². The van der Waals surface area contributed by atoms with E-state index < -0.39 is 0 Å². The summed E-state index contributed by atoms with van der Waals surface area (Å²) >= 11 is 1.60. The summed E-state index contributed by atoms with van der Waals surface area (Å²) < 4.78 is 5.36. The average Bonchev–Trinajstić information content (AvgIpc) is 3.36. The molecule has 2 saturated heterocycles. The Morgan fingerprint density at radius 2 is 2.12 bits per heavy atom. The maximum atomic E-state index is 12.4. The molecule has 7 nitrogen and oxygen atoms in total. The van der Waals surface area contributed by atoms with Crippen LogP contribution in [0.2, 0.25) is 0 Å². The van der Waals surface area contributed by atoms with Crippen molar-refractivity contribution in [3.8, 4) is 10.7 Å². The summed E-state index contributed by atoms with van der Waals surface area (Å²) in [6.45, 7) is 5.69. The number of piperazine rings is 1. The third-order valence-corrected chi connectivity index (χ3v) is 5.53. The highest BCUT2D eigenvalue weighted by Gasteiger charge is 2.29. The lowest BCUT2D eigenvalue weighted by Gasteiger charge is -2.35. The fourth-order valence-electron chi connectivity index (χ4n) is 3.27. The third kappa shape index (κ3) is 4.75. The van der Waals surface area contributed by atoms with Crippen LogP contribution in [0, 0.1) is 5.92 Å². The van der Waals surface area contributed by atoms with Crippen LogP contribution in [0.4, 0.5) is 0 Å². The normalized spacial score (nSPS) is 20.5. The smallest absolute Gasteiger partial charge is 0.241 e. The van der Waals surface area contributed by atoms with E-state index in [0.717, 1.165) is 50.6 Å². The molecule has 4 heterocycles. The van der Waals surface area contributed by atoms with Gasteiger partial charge in [-0.2, -0.15) is 4.98 Å². The molecule has 2 fully saturated rings. The van der Waals surface area contributed by atoms with Crippen molar-refractivity contribution < 1.29 is 9.32 Å². The first-order valence-corrected chi connectivity index (χ1v) is 9.26. The van der Waals surface area contributed by atoms with Crippen LogP contribution in [-0.2, 0) is 11.3 Å². The van der Waals surface area contributed by atoms with Gasteiger partial charge in [0.2, 0.25) is 17.6 Å². The molecule has 144 valence electrons. The molecule has 0 radical (unpaired) electrons. The highest BCUT2D eigenvalue weighted by molar-refractivity contribution is 7.13. The lowest BCUT2D eigenvalue weighted by molar-refractivity contribution is -0.136. The summed E-state index contributed by atoms with van der Waals surface area (Å²) in [6, 6.07) is 3.97. The molecular weight excluding hydrogens is 397 g/mol. The zero-order chi connectivity index (χ0) is 16.4. The lowest BCUT2D eigenvalue weighted by atomic mass is 10.1. The zero-order valence-corrected chi connectivity index (χ0v) is 16.7. The Hall–Kier alpha value is -1.19. The van der Waals surface area contributed by atoms with Crippen molar-refractivity contribution in [1.82, 2.24) is 25.3 Å². The van der Waals surface area contributed by atoms with E-state index in [2.05, 4.69) is 20.4 Å². The lowest BCUT2D eigenvalue weighted by Crippen LogP contribution is -2.50. The van der Waals surface area contributed by atoms with Gasteiger partial charge in [-0.3, -0.25) is 9.69 Å². The standard InChI is InChI=1S/C16H21N5O2S.2ClH/c22-16(12-3-4-17-10-12)21-7-5-20(6-8-21)11-14-18-15(19-23-14)13-2-1-9-24-13;;/h1-2,9,12,17H,3-8,10-11H2;2*1H. The predicted octanol–water partition coefficient (Wildman–Crippen LogP) is 1.90. The fraction of sp³-hybridized carbons (Fsp3) is 0.562. The van der Waals surface area contributed by atoms with E-state index in [0.29, 0.717) is 24.2 Å². The van der Waals surface area contributed by atoms with Crippen LogP contribution in [0.25, 0.3) is 10.7 Å². The van der Waals surface area contributed by atoms with Crippen molar-refractivity contribution in [3.63, 3.8) is 0 Å². The second-order valence-electron chi connectivity index (χ2n) is 6.28. The summed E-state index contributed by atoms with van der Waals surface area (Å²) in [6.07, 6.45) is 0.965. The largest absolute Gasteiger partial charge is 0.340 e. The van der Waals surface area contributed by atoms with Crippen LogP contribution in [0.3, 0.4) is 0 Å². The van der Waals surface area contributed by atoms with Crippen molar-refractivity contribution in [1.29, 1.82) is 0 Å². The summed E-state index contributed by atoms with van der Waals surface area (Å²) in [4.78, 5) is 22.2. The van der Waals surface area contributed by atoms with Gasteiger partial charge in [-0.05, 0) is 24.4 Å². The van der Waals surface area contributed by atoms with E-state index in [9.17, 15) is 4.79 Å². The Labute approximate surface area is 168 Å².